The molecule has 0 saturated heterocycles. The highest BCUT2D eigenvalue weighted by Crippen LogP contribution is 2.17. The Labute approximate surface area is 144 Å². The molecule has 1 aromatic heterocycles. The summed E-state index contributed by atoms with van der Waals surface area (Å²) in [5, 5.41) is 6.51. The molecule has 7 heteroatoms. The van der Waals surface area contributed by atoms with Crippen molar-refractivity contribution in [2.45, 2.75) is 13.0 Å². The number of guanidine groups is 1. The van der Waals surface area contributed by atoms with Gasteiger partial charge in [0.1, 0.15) is 5.76 Å². The van der Waals surface area contributed by atoms with Gasteiger partial charge in [-0.1, -0.05) is 0 Å². The maximum atomic E-state index is 5.47. The summed E-state index contributed by atoms with van der Waals surface area (Å²) in [6, 6.07) is 4.05. The summed E-state index contributed by atoms with van der Waals surface area (Å²) < 4.78 is 10.8. The SMILES string of the molecule is CCOCCNC(=NC)NCC(c1ccco1)N(C)C.I. The first kappa shape index (κ1) is 20.2. The molecule has 2 N–H and O–H groups in total. The van der Waals surface area contributed by atoms with E-state index < -0.39 is 0 Å². The lowest BCUT2D eigenvalue weighted by Crippen LogP contribution is -2.42. The van der Waals surface area contributed by atoms with E-state index in [0.717, 1.165) is 31.4 Å². The van der Waals surface area contributed by atoms with Crippen molar-refractivity contribution in [1.29, 1.82) is 0 Å². The van der Waals surface area contributed by atoms with Crippen LogP contribution < -0.4 is 10.6 Å². The molecule has 0 aromatic carbocycles. The quantitative estimate of drug-likeness (QED) is 0.296. The van der Waals surface area contributed by atoms with Crippen LogP contribution in [0.3, 0.4) is 0 Å². The molecular formula is C14H27IN4O2. The summed E-state index contributed by atoms with van der Waals surface area (Å²) in [5.74, 6) is 1.70. The van der Waals surface area contributed by atoms with Crippen molar-refractivity contribution in [3.05, 3.63) is 24.2 Å². The van der Waals surface area contributed by atoms with Gasteiger partial charge in [0.15, 0.2) is 5.96 Å². The predicted octanol–water partition coefficient (Wildman–Crippen LogP) is 1.70. The van der Waals surface area contributed by atoms with Crippen molar-refractivity contribution in [1.82, 2.24) is 15.5 Å². The van der Waals surface area contributed by atoms with Gasteiger partial charge in [0.2, 0.25) is 0 Å². The molecule has 1 aromatic rings. The Bertz CT molecular complexity index is 382. The summed E-state index contributed by atoms with van der Waals surface area (Å²) in [5.41, 5.74) is 0. The van der Waals surface area contributed by atoms with Crippen molar-refractivity contribution in [3.63, 3.8) is 0 Å². The third-order valence-corrected chi connectivity index (χ3v) is 2.92. The minimum absolute atomic E-state index is 0. The monoisotopic (exact) mass is 410 g/mol. The Morgan fingerprint density at radius 3 is 2.71 bits per heavy atom. The lowest BCUT2D eigenvalue weighted by atomic mass is 10.2. The van der Waals surface area contributed by atoms with E-state index in [-0.39, 0.29) is 30.0 Å². The lowest BCUT2D eigenvalue weighted by molar-refractivity contribution is 0.152. The highest BCUT2D eigenvalue weighted by Gasteiger charge is 2.17. The molecule has 1 unspecified atom stereocenters. The molecule has 0 spiro atoms. The Balaban J connectivity index is 0.00000400. The lowest BCUT2D eigenvalue weighted by Gasteiger charge is -2.23. The number of hydrogen-bond donors (Lipinski definition) is 2. The molecule has 1 rings (SSSR count). The minimum Gasteiger partial charge on any atom is -0.468 e. The largest absolute Gasteiger partial charge is 0.468 e. The number of halogens is 1. The number of hydrogen-bond acceptors (Lipinski definition) is 4. The molecular weight excluding hydrogens is 383 g/mol. The van der Waals surface area contributed by atoms with E-state index in [0.29, 0.717) is 6.61 Å². The topological polar surface area (TPSA) is 62.0 Å². The Morgan fingerprint density at radius 1 is 1.43 bits per heavy atom. The summed E-state index contributed by atoms with van der Waals surface area (Å²) >= 11 is 0. The molecule has 0 aliphatic rings. The highest BCUT2D eigenvalue weighted by atomic mass is 127. The van der Waals surface area contributed by atoms with Gasteiger partial charge in [-0.25, -0.2) is 0 Å². The molecule has 6 nitrogen and oxygen atoms in total. The van der Waals surface area contributed by atoms with Crippen molar-refractivity contribution in [3.8, 4) is 0 Å². The van der Waals surface area contributed by atoms with E-state index in [4.69, 9.17) is 9.15 Å². The van der Waals surface area contributed by atoms with E-state index in [1.165, 1.54) is 0 Å². The van der Waals surface area contributed by atoms with E-state index in [1.807, 2.05) is 33.2 Å². The van der Waals surface area contributed by atoms with E-state index in [1.54, 1.807) is 13.3 Å². The van der Waals surface area contributed by atoms with Crippen LogP contribution in [0.15, 0.2) is 27.8 Å². The Morgan fingerprint density at radius 2 is 2.19 bits per heavy atom. The fourth-order valence-corrected chi connectivity index (χ4v) is 1.82. The molecule has 0 fully saturated rings. The summed E-state index contributed by atoms with van der Waals surface area (Å²) in [6.45, 7) is 4.84. The number of ether oxygens (including phenoxy) is 1. The van der Waals surface area contributed by atoms with E-state index in [2.05, 4.69) is 20.5 Å². The first-order chi connectivity index (χ1) is 9.69. The molecule has 0 saturated carbocycles. The van der Waals surface area contributed by atoms with Crippen LogP contribution in [0, 0.1) is 0 Å². The van der Waals surface area contributed by atoms with Crippen molar-refractivity contribution < 1.29 is 9.15 Å². The van der Waals surface area contributed by atoms with Crippen molar-refractivity contribution >= 4 is 29.9 Å². The number of rotatable bonds is 8. The minimum atomic E-state index is 0. The molecule has 0 bridgehead atoms. The standard InChI is InChI=1S/C14H26N4O2.HI/c1-5-19-10-8-16-14(15-2)17-11-12(18(3)4)13-7-6-9-20-13;/h6-7,9,12H,5,8,10-11H2,1-4H3,(H2,15,16,17);1H. The normalized spacial score (nSPS) is 12.9. The first-order valence-corrected chi connectivity index (χ1v) is 6.91. The van der Waals surface area contributed by atoms with Crippen LogP contribution in [0.4, 0.5) is 0 Å². The zero-order valence-corrected chi connectivity index (χ0v) is 15.6. The maximum Gasteiger partial charge on any atom is 0.191 e. The number of likely N-dealkylation sites (N-methyl/N-ethyl adjacent to an activating group) is 1. The average molecular weight is 410 g/mol. The number of nitrogens with one attached hydrogen (secondary N) is 2. The molecule has 122 valence electrons. The summed E-state index contributed by atoms with van der Waals surface area (Å²) in [4.78, 5) is 6.30. The molecule has 0 radical (unpaired) electrons. The van der Waals surface area contributed by atoms with Gasteiger partial charge < -0.3 is 19.8 Å². The van der Waals surface area contributed by atoms with Crippen LogP contribution in [-0.2, 0) is 4.74 Å². The number of aliphatic imine (C=N–C) groups is 1. The predicted molar refractivity (Wildman–Crippen MR) is 96.4 cm³/mol. The van der Waals surface area contributed by atoms with Gasteiger partial charge >= 0.3 is 0 Å². The van der Waals surface area contributed by atoms with Gasteiger partial charge in [-0.15, -0.1) is 24.0 Å². The third kappa shape index (κ3) is 7.68. The number of nitrogens with zero attached hydrogens (tertiary/aromatic N) is 2. The fourth-order valence-electron chi connectivity index (χ4n) is 1.82. The fraction of sp³-hybridized carbons (Fsp3) is 0.643. The smallest absolute Gasteiger partial charge is 0.191 e. The second-order valence-electron chi connectivity index (χ2n) is 4.57. The van der Waals surface area contributed by atoms with Crippen LogP contribution in [0.5, 0.6) is 0 Å². The maximum absolute atomic E-state index is 5.47. The van der Waals surface area contributed by atoms with Gasteiger partial charge in [-0.3, -0.25) is 9.89 Å². The molecule has 0 aliphatic carbocycles. The zero-order chi connectivity index (χ0) is 14.8. The molecule has 21 heavy (non-hydrogen) atoms. The van der Waals surface area contributed by atoms with Gasteiger partial charge in [-0.05, 0) is 33.2 Å². The second kappa shape index (κ2) is 11.8. The Kier molecular flexibility index (Phi) is 11.4. The Hall–Kier alpha value is -0.800. The molecule has 0 aliphatic heterocycles. The zero-order valence-electron chi connectivity index (χ0n) is 13.3. The first-order valence-electron chi connectivity index (χ1n) is 6.91. The van der Waals surface area contributed by atoms with Gasteiger partial charge in [0.25, 0.3) is 0 Å². The van der Waals surface area contributed by atoms with Crippen LogP contribution in [-0.4, -0.2) is 58.3 Å². The average Bonchev–Trinajstić information content (AvgIpc) is 2.95. The van der Waals surface area contributed by atoms with Crippen molar-refractivity contribution in [2.75, 3.05) is 47.4 Å². The van der Waals surface area contributed by atoms with Gasteiger partial charge in [0, 0.05) is 26.7 Å². The molecule has 0 amide bonds. The summed E-state index contributed by atoms with van der Waals surface area (Å²) in [6.07, 6.45) is 1.70. The summed E-state index contributed by atoms with van der Waals surface area (Å²) in [7, 11) is 5.81. The van der Waals surface area contributed by atoms with Gasteiger partial charge in [-0.2, -0.15) is 0 Å². The second-order valence-corrected chi connectivity index (χ2v) is 4.57. The third-order valence-electron chi connectivity index (χ3n) is 2.92. The van der Waals surface area contributed by atoms with Crippen LogP contribution in [0.1, 0.15) is 18.7 Å². The van der Waals surface area contributed by atoms with Crippen molar-refractivity contribution in [2.24, 2.45) is 4.99 Å². The van der Waals surface area contributed by atoms with Crippen LogP contribution in [0.2, 0.25) is 0 Å². The van der Waals surface area contributed by atoms with E-state index in [9.17, 15) is 0 Å². The van der Waals surface area contributed by atoms with E-state index >= 15 is 0 Å². The number of furan rings is 1. The molecule has 1 atom stereocenters. The van der Waals surface area contributed by atoms with Crippen LogP contribution in [0.25, 0.3) is 0 Å². The van der Waals surface area contributed by atoms with Gasteiger partial charge in [0.05, 0.1) is 18.9 Å². The van der Waals surface area contributed by atoms with Crippen LogP contribution >= 0.6 is 24.0 Å². The molecule has 1 heterocycles. The highest BCUT2D eigenvalue weighted by molar-refractivity contribution is 14.0.